The molecule has 0 radical (unpaired) electrons. The van der Waals surface area contributed by atoms with E-state index in [0.717, 1.165) is 19.3 Å². The third-order valence-electron chi connectivity index (χ3n) is 2.97. The molecule has 0 saturated heterocycles. The second kappa shape index (κ2) is 3.41. The lowest BCUT2D eigenvalue weighted by Crippen LogP contribution is -2.19. The molecule has 0 saturated carbocycles. The Hall–Kier alpha value is -0.790. The molecule has 1 heterocycles. The van der Waals surface area contributed by atoms with Gasteiger partial charge in [-0.1, -0.05) is 6.42 Å². The number of hydrogen-bond donors (Lipinski definition) is 0. The van der Waals surface area contributed by atoms with E-state index in [1.165, 1.54) is 18.4 Å². The fourth-order valence-electron chi connectivity index (χ4n) is 2.35. The number of Topliss-reactive ketones (excluding diaryl/α,β-unsaturated/α-hetero) is 1. The minimum atomic E-state index is -0.148. The Morgan fingerprint density at radius 1 is 1.14 bits per heavy atom. The van der Waals surface area contributed by atoms with Gasteiger partial charge < -0.3 is 4.74 Å². The lowest BCUT2D eigenvalue weighted by Gasteiger charge is -2.18. The van der Waals surface area contributed by atoms with Crippen LogP contribution in [-0.4, -0.2) is 11.4 Å². The molecule has 0 aromatic heterocycles. The molecule has 0 N–H and O–H groups in total. The van der Waals surface area contributed by atoms with Crippen LogP contribution in [0, 0.1) is 0 Å². The van der Waals surface area contributed by atoms with Gasteiger partial charge in [-0.2, -0.15) is 0 Å². The van der Waals surface area contributed by atoms with Crippen LogP contribution in [0.4, 0.5) is 0 Å². The zero-order chi connectivity index (χ0) is 10.2. The van der Waals surface area contributed by atoms with E-state index >= 15 is 0 Å². The number of carbonyl (C=O) groups excluding carboxylic acids is 1. The number of carbonyl (C=O) groups is 1. The maximum Gasteiger partial charge on any atom is 0.197 e. The average Bonchev–Trinajstić information content (AvgIpc) is 2.38. The van der Waals surface area contributed by atoms with E-state index in [2.05, 4.69) is 13.8 Å². The van der Waals surface area contributed by atoms with Crippen LogP contribution >= 0.6 is 0 Å². The largest absolute Gasteiger partial charge is 0.484 e. The van der Waals surface area contributed by atoms with Crippen LogP contribution in [0.5, 0.6) is 0 Å². The molecule has 0 fully saturated rings. The minimum Gasteiger partial charge on any atom is -0.484 e. The predicted octanol–water partition coefficient (Wildman–Crippen LogP) is 2.97. The Morgan fingerprint density at radius 2 is 1.86 bits per heavy atom. The first-order valence-electron chi connectivity index (χ1n) is 5.53. The van der Waals surface area contributed by atoms with Crippen molar-refractivity contribution >= 4 is 5.78 Å². The van der Waals surface area contributed by atoms with Gasteiger partial charge in [-0.3, -0.25) is 4.79 Å². The third kappa shape index (κ3) is 1.84. The SMILES string of the molecule is CC1(C)CC2=C(O1)C(=O)CCCCC2. The highest BCUT2D eigenvalue weighted by molar-refractivity contribution is 5.94. The Morgan fingerprint density at radius 3 is 2.64 bits per heavy atom. The summed E-state index contributed by atoms with van der Waals surface area (Å²) in [7, 11) is 0. The van der Waals surface area contributed by atoms with Crippen molar-refractivity contribution in [2.75, 3.05) is 0 Å². The summed E-state index contributed by atoms with van der Waals surface area (Å²) in [6, 6.07) is 0. The van der Waals surface area contributed by atoms with Gasteiger partial charge in [-0.05, 0) is 38.7 Å². The first kappa shape index (κ1) is 9.75. The summed E-state index contributed by atoms with van der Waals surface area (Å²) in [4.78, 5) is 11.8. The Kier molecular flexibility index (Phi) is 2.38. The molecule has 2 rings (SSSR count). The lowest BCUT2D eigenvalue weighted by molar-refractivity contribution is -0.120. The molecule has 2 heteroatoms. The first-order valence-corrected chi connectivity index (χ1v) is 5.53. The monoisotopic (exact) mass is 194 g/mol. The zero-order valence-electron chi connectivity index (χ0n) is 9.06. The summed E-state index contributed by atoms with van der Waals surface area (Å²) in [5.74, 6) is 0.931. The second-order valence-corrected chi connectivity index (χ2v) is 4.96. The Bertz CT molecular complexity index is 287. The molecule has 0 aromatic rings. The van der Waals surface area contributed by atoms with Gasteiger partial charge in [-0.15, -0.1) is 0 Å². The topological polar surface area (TPSA) is 26.3 Å². The highest BCUT2D eigenvalue weighted by Gasteiger charge is 2.35. The van der Waals surface area contributed by atoms with E-state index in [1.54, 1.807) is 0 Å². The molecule has 1 aliphatic carbocycles. The molecule has 0 amide bonds. The van der Waals surface area contributed by atoms with E-state index in [4.69, 9.17) is 4.74 Å². The minimum absolute atomic E-state index is 0.148. The standard InChI is InChI=1S/C12H18O2/c1-12(2)8-9-6-4-3-5-7-10(13)11(9)14-12/h3-8H2,1-2H3. The first-order chi connectivity index (χ1) is 6.58. The molecular weight excluding hydrogens is 176 g/mol. The van der Waals surface area contributed by atoms with Gasteiger partial charge in [0.05, 0.1) is 0 Å². The summed E-state index contributed by atoms with van der Waals surface area (Å²) < 4.78 is 5.73. The summed E-state index contributed by atoms with van der Waals surface area (Å²) in [5.41, 5.74) is 1.12. The van der Waals surface area contributed by atoms with Crippen LogP contribution in [0.1, 0.15) is 52.4 Å². The van der Waals surface area contributed by atoms with E-state index in [-0.39, 0.29) is 11.4 Å². The third-order valence-corrected chi connectivity index (χ3v) is 2.97. The van der Waals surface area contributed by atoms with Gasteiger partial charge >= 0.3 is 0 Å². The molecule has 0 spiro atoms. The van der Waals surface area contributed by atoms with Crippen molar-refractivity contribution in [2.24, 2.45) is 0 Å². The maximum atomic E-state index is 11.8. The predicted molar refractivity (Wildman–Crippen MR) is 54.9 cm³/mol. The Balaban J connectivity index is 2.22. The highest BCUT2D eigenvalue weighted by atomic mass is 16.5. The molecule has 0 unspecified atom stereocenters. The normalized spacial score (nSPS) is 26.6. The van der Waals surface area contributed by atoms with Crippen LogP contribution in [0.25, 0.3) is 0 Å². The van der Waals surface area contributed by atoms with Crippen LogP contribution in [-0.2, 0) is 9.53 Å². The van der Waals surface area contributed by atoms with Crippen molar-refractivity contribution in [3.05, 3.63) is 11.3 Å². The van der Waals surface area contributed by atoms with Crippen LogP contribution in [0.2, 0.25) is 0 Å². The lowest BCUT2D eigenvalue weighted by atomic mass is 9.93. The molecule has 14 heavy (non-hydrogen) atoms. The summed E-state index contributed by atoms with van der Waals surface area (Å²) >= 11 is 0. The molecule has 0 atom stereocenters. The van der Waals surface area contributed by atoms with Gasteiger partial charge in [0.25, 0.3) is 0 Å². The number of allylic oxidation sites excluding steroid dienone is 1. The number of hydrogen-bond acceptors (Lipinski definition) is 2. The van der Waals surface area contributed by atoms with Crippen molar-refractivity contribution in [2.45, 2.75) is 58.0 Å². The smallest absolute Gasteiger partial charge is 0.197 e. The van der Waals surface area contributed by atoms with E-state index in [1.807, 2.05) is 0 Å². The highest BCUT2D eigenvalue weighted by Crippen LogP contribution is 2.38. The zero-order valence-corrected chi connectivity index (χ0v) is 9.06. The fourth-order valence-corrected chi connectivity index (χ4v) is 2.35. The Labute approximate surface area is 85.3 Å². The van der Waals surface area contributed by atoms with Gasteiger partial charge in [0.2, 0.25) is 0 Å². The molecule has 2 aliphatic rings. The second-order valence-electron chi connectivity index (χ2n) is 4.96. The van der Waals surface area contributed by atoms with Crippen molar-refractivity contribution in [1.29, 1.82) is 0 Å². The average molecular weight is 194 g/mol. The number of rotatable bonds is 0. The van der Waals surface area contributed by atoms with E-state index < -0.39 is 0 Å². The van der Waals surface area contributed by atoms with Gasteiger partial charge in [0.1, 0.15) is 5.60 Å². The van der Waals surface area contributed by atoms with Crippen molar-refractivity contribution < 1.29 is 9.53 Å². The molecule has 78 valence electrons. The maximum absolute atomic E-state index is 11.8. The van der Waals surface area contributed by atoms with Crippen molar-refractivity contribution in [1.82, 2.24) is 0 Å². The molecule has 0 bridgehead atoms. The quantitative estimate of drug-likeness (QED) is 0.592. The van der Waals surface area contributed by atoms with Crippen LogP contribution < -0.4 is 0 Å². The van der Waals surface area contributed by atoms with Crippen molar-refractivity contribution in [3.8, 4) is 0 Å². The molecule has 2 nitrogen and oxygen atoms in total. The summed E-state index contributed by atoms with van der Waals surface area (Å²) in [6.45, 7) is 4.12. The summed E-state index contributed by atoms with van der Waals surface area (Å²) in [6.07, 6.45) is 6.10. The van der Waals surface area contributed by atoms with Gasteiger partial charge in [-0.25, -0.2) is 0 Å². The number of ketones is 1. The molecule has 0 aromatic carbocycles. The summed E-state index contributed by atoms with van der Waals surface area (Å²) in [5, 5.41) is 0. The van der Waals surface area contributed by atoms with E-state index in [9.17, 15) is 4.79 Å². The van der Waals surface area contributed by atoms with Gasteiger partial charge in [0.15, 0.2) is 11.5 Å². The molecular formula is C12H18O2. The van der Waals surface area contributed by atoms with E-state index in [0.29, 0.717) is 12.2 Å². The molecule has 1 aliphatic heterocycles. The van der Waals surface area contributed by atoms with Gasteiger partial charge in [0, 0.05) is 12.8 Å². The van der Waals surface area contributed by atoms with Crippen LogP contribution in [0.15, 0.2) is 11.3 Å². The number of ether oxygens (including phenoxy) is 1. The van der Waals surface area contributed by atoms with Crippen molar-refractivity contribution in [3.63, 3.8) is 0 Å². The fraction of sp³-hybridized carbons (Fsp3) is 0.750. The van der Waals surface area contributed by atoms with Crippen LogP contribution in [0.3, 0.4) is 0 Å².